The van der Waals surface area contributed by atoms with Crippen molar-refractivity contribution in [2.75, 3.05) is 19.7 Å². The first-order chi connectivity index (χ1) is 9.11. The molecule has 3 atom stereocenters. The summed E-state index contributed by atoms with van der Waals surface area (Å²) in [7, 11) is 0. The van der Waals surface area contributed by atoms with E-state index in [2.05, 4.69) is 0 Å². The first-order valence-electron chi connectivity index (χ1n) is 6.87. The minimum atomic E-state index is -0.788. The predicted octanol–water partition coefficient (Wildman–Crippen LogP) is 0.738. The molecule has 1 fully saturated rings. The zero-order valence-electron chi connectivity index (χ0n) is 11.0. The number of hydrogen-bond acceptors (Lipinski definition) is 4. The number of aliphatic hydroxyl groups is 3. The first kappa shape index (κ1) is 14.7. The Balaban J connectivity index is 1.92. The van der Waals surface area contributed by atoms with Crippen molar-refractivity contribution in [3.63, 3.8) is 0 Å². The maximum Gasteiger partial charge on any atom is 0.103 e. The summed E-state index contributed by atoms with van der Waals surface area (Å²) < 4.78 is 13.6. The third-order valence-electron chi connectivity index (χ3n) is 3.97. The lowest BCUT2D eigenvalue weighted by Crippen LogP contribution is -2.53. The highest BCUT2D eigenvalue weighted by Crippen LogP contribution is 2.24. The monoisotopic (exact) mass is 271 g/mol. The molecule has 5 heteroatoms. The quantitative estimate of drug-likeness (QED) is 0.705. The average Bonchev–Trinajstić information content (AvgIpc) is 2.41. The number of hydrogen-bond donors (Lipinski definition) is 3. The van der Waals surface area contributed by atoms with E-state index in [1.165, 1.54) is 0 Å². The van der Waals surface area contributed by atoms with Gasteiger partial charge in [0.1, 0.15) is 5.83 Å². The van der Waals surface area contributed by atoms with E-state index in [-0.39, 0.29) is 18.5 Å². The van der Waals surface area contributed by atoms with E-state index in [1.807, 2.05) is 17.1 Å². The molecule has 1 saturated heterocycles. The van der Waals surface area contributed by atoms with Gasteiger partial charge in [-0.2, -0.15) is 0 Å². The van der Waals surface area contributed by atoms with Crippen LogP contribution in [0.25, 0.3) is 0 Å². The third kappa shape index (κ3) is 3.63. The van der Waals surface area contributed by atoms with Crippen molar-refractivity contribution >= 4 is 0 Å². The van der Waals surface area contributed by atoms with E-state index in [4.69, 9.17) is 0 Å². The molecule has 3 N–H and O–H groups in total. The Hall–Kier alpha value is -0.750. The number of rotatable bonds is 4. The summed E-state index contributed by atoms with van der Waals surface area (Å²) in [4.78, 5) is 1.93. The first-order valence-corrected chi connectivity index (χ1v) is 6.87. The molecular formula is C14H22FNO3. The Morgan fingerprint density at radius 2 is 2.11 bits per heavy atom. The third-order valence-corrected chi connectivity index (χ3v) is 3.97. The van der Waals surface area contributed by atoms with Crippen LogP contribution in [0.2, 0.25) is 0 Å². The van der Waals surface area contributed by atoms with Crippen molar-refractivity contribution < 1.29 is 19.7 Å². The van der Waals surface area contributed by atoms with Crippen LogP contribution in [0.4, 0.5) is 4.39 Å². The van der Waals surface area contributed by atoms with Crippen molar-refractivity contribution in [2.24, 2.45) is 0 Å². The number of β-amino-alcohol motifs (C(OH)–C–C–N with tert-alkyl or cyclic N) is 1. The molecule has 0 aromatic carbocycles. The fraction of sp³-hybridized carbons (Fsp3) is 0.714. The molecule has 0 amide bonds. The molecule has 4 nitrogen and oxygen atoms in total. The van der Waals surface area contributed by atoms with Crippen LogP contribution in [0.1, 0.15) is 25.7 Å². The highest BCUT2D eigenvalue weighted by Gasteiger charge is 2.32. The van der Waals surface area contributed by atoms with Gasteiger partial charge in [0.2, 0.25) is 0 Å². The molecule has 1 aliphatic heterocycles. The zero-order valence-corrected chi connectivity index (χ0v) is 11.0. The molecule has 0 bridgehead atoms. The SMILES string of the molecule is OC[C@H]1CC(O)[C@@H](O)CN1CCC1=C(F)CCC=C1. The van der Waals surface area contributed by atoms with Crippen molar-refractivity contribution in [3.8, 4) is 0 Å². The molecule has 108 valence electrons. The summed E-state index contributed by atoms with van der Waals surface area (Å²) in [6.45, 7) is 0.855. The Morgan fingerprint density at radius 3 is 2.79 bits per heavy atom. The van der Waals surface area contributed by atoms with E-state index >= 15 is 0 Å². The molecular weight excluding hydrogens is 249 g/mol. The van der Waals surface area contributed by atoms with Crippen LogP contribution >= 0.6 is 0 Å². The number of likely N-dealkylation sites (tertiary alicyclic amines) is 1. The highest BCUT2D eigenvalue weighted by molar-refractivity contribution is 5.26. The lowest BCUT2D eigenvalue weighted by atomic mass is 9.96. The number of allylic oxidation sites excluding steroid dienone is 3. The van der Waals surface area contributed by atoms with Gasteiger partial charge < -0.3 is 15.3 Å². The van der Waals surface area contributed by atoms with Gasteiger partial charge in [0.05, 0.1) is 18.8 Å². The highest BCUT2D eigenvalue weighted by atomic mass is 19.1. The van der Waals surface area contributed by atoms with E-state index in [0.717, 1.165) is 6.42 Å². The lowest BCUT2D eigenvalue weighted by Gasteiger charge is -2.39. The second-order valence-corrected chi connectivity index (χ2v) is 5.32. The molecule has 0 radical (unpaired) electrons. The van der Waals surface area contributed by atoms with Crippen LogP contribution in [0.15, 0.2) is 23.6 Å². The molecule has 0 aromatic rings. The Kier molecular flexibility index (Phi) is 5.10. The van der Waals surface area contributed by atoms with Crippen LogP contribution in [0, 0.1) is 0 Å². The summed E-state index contributed by atoms with van der Waals surface area (Å²) in [6, 6.07) is -0.158. The van der Waals surface area contributed by atoms with E-state index in [9.17, 15) is 19.7 Å². The maximum atomic E-state index is 13.6. The molecule has 2 rings (SSSR count). The molecule has 0 spiro atoms. The standard InChI is InChI=1S/C14H22FNO3/c15-12-4-2-1-3-10(12)5-6-16-8-14(19)13(18)7-11(16)9-17/h1,3,11,13-14,17-19H,2,4-9H2/t11-,13?,14+/m1/s1. The second kappa shape index (κ2) is 6.61. The van der Waals surface area contributed by atoms with Crippen molar-refractivity contribution in [3.05, 3.63) is 23.6 Å². The summed E-state index contributed by atoms with van der Waals surface area (Å²) in [5.41, 5.74) is 0.712. The van der Waals surface area contributed by atoms with Gasteiger partial charge >= 0.3 is 0 Å². The summed E-state index contributed by atoms with van der Waals surface area (Å²) in [6.07, 6.45) is 4.37. The zero-order chi connectivity index (χ0) is 13.8. The van der Waals surface area contributed by atoms with Gasteiger partial charge in [-0.3, -0.25) is 4.90 Å². The van der Waals surface area contributed by atoms with Gasteiger partial charge in [-0.25, -0.2) is 4.39 Å². The van der Waals surface area contributed by atoms with Crippen LogP contribution in [-0.4, -0.2) is 58.2 Å². The van der Waals surface area contributed by atoms with Crippen molar-refractivity contribution in [1.82, 2.24) is 4.90 Å². The van der Waals surface area contributed by atoms with Gasteiger partial charge in [0, 0.05) is 25.6 Å². The van der Waals surface area contributed by atoms with Gasteiger partial charge in [0.15, 0.2) is 0 Å². The normalized spacial score (nSPS) is 32.9. The maximum absolute atomic E-state index is 13.6. The van der Waals surface area contributed by atoms with Crippen molar-refractivity contribution in [1.29, 1.82) is 0 Å². The Morgan fingerprint density at radius 1 is 1.32 bits per heavy atom. The van der Waals surface area contributed by atoms with Crippen molar-refractivity contribution in [2.45, 2.75) is 43.9 Å². The van der Waals surface area contributed by atoms with Crippen LogP contribution in [0.5, 0.6) is 0 Å². The van der Waals surface area contributed by atoms with Crippen LogP contribution in [0.3, 0.4) is 0 Å². The number of nitrogens with zero attached hydrogens (tertiary/aromatic N) is 1. The van der Waals surface area contributed by atoms with Crippen LogP contribution < -0.4 is 0 Å². The lowest BCUT2D eigenvalue weighted by molar-refractivity contribution is -0.0703. The fourth-order valence-electron chi connectivity index (χ4n) is 2.73. The summed E-state index contributed by atoms with van der Waals surface area (Å²) >= 11 is 0. The predicted molar refractivity (Wildman–Crippen MR) is 70.2 cm³/mol. The molecule has 0 aromatic heterocycles. The molecule has 0 saturated carbocycles. The van der Waals surface area contributed by atoms with Gasteiger partial charge in [-0.05, 0) is 24.8 Å². The fourth-order valence-corrected chi connectivity index (χ4v) is 2.73. The number of aliphatic hydroxyl groups excluding tert-OH is 3. The molecule has 2 aliphatic rings. The van der Waals surface area contributed by atoms with Gasteiger partial charge in [-0.1, -0.05) is 12.2 Å². The second-order valence-electron chi connectivity index (χ2n) is 5.32. The van der Waals surface area contributed by atoms with Gasteiger partial charge in [0.25, 0.3) is 0 Å². The van der Waals surface area contributed by atoms with E-state index in [0.29, 0.717) is 37.9 Å². The summed E-state index contributed by atoms with van der Waals surface area (Å²) in [5.74, 6) is -0.0550. The van der Waals surface area contributed by atoms with Crippen LogP contribution in [-0.2, 0) is 0 Å². The molecule has 1 aliphatic carbocycles. The Labute approximate surface area is 112 Å². The summed E-state index contributed by atoms with van der Waals surface area (Å²) in [5, 5.41) is 28.6. The van der Waals surface area contributed by atoms with E-state index in [1.54, 1.807) is 0 Å². The molecule has 1 unspecified atom stereocenters. The minimum Gasteiger partial charge on any atom is -0.395 e. The minimum absolute atomic E-state index is 0.0544. The van der Waals surface area contributed by atoms with Gasteiger partial charge in [-0.15, -0.1) is 0 Å². The number of piperidine rings is 1. The van der Waals surface area contributed by atoms with E-state index < -0.39 is 12.2 Å². The average molecular weight is 271 g/mol. The smallest absolute Gasteiger partial charge is 0.103 e. The molecule has 19 heavy (non-hydrogen) atoms. The Bertz CT molecular complexity index is 370. The largest absolute Gasteiger partial charge is 0.395 e. The molecule has 1 heterocycles. The topological polar surface area (TPSA) is 63.9 Å². The number of halogens is 1.